The van der Waals surface area contributed by atoms with E-state index in [-0.39, 0.29) is 25.7 Å². The van der Waals surface area contributed by atoms with Gasteiger partial charge in [-0.1, -0.05) is 257 Å². The van der Waals surface area contributed by atoms with Gasteiger partial charge in [-0.3, -0.25) is 37.3 Å². The van der Waals surface area contributed by atoms with Crippen LogP contribution in [0.4, 0.5) is 0 Å². The van der Waals surface area contributed by atoms with Crippen molar-refractivity contribution >= 4 is 39.5 Å². The van der Waals surface area contributed by atoms with Gasteiger partial charge < -0.3 is 33.8 Å². The van der Waals surface area contributed by atoms with E-state index in [0.717, 1.165) is 135 Å². The molecule has 0 bridgehead atoms. The summed E-state index contributed by atoms with van der Waals surface area (Å²) in [6.45, 7) is 4.85. The third kappa shape index (κ3) is 65.9. The number of phosphoric acid groups is 2. The molecule has 19 heteroatoms. The Kier molecular flexibility index (Phi) is 64.9. The molecule has 0 amide bonds. The van der Waals surface area contributed by atoms with Crippen molar-refractivity contribution in [1.82, 2.24) is 0 Å². The molecule has 0 radical (unpaired) electrons. The highest BCUT2D eigenvalue weighted by Gasteiger charge is 2.30. The van der Waals surface area contributed by atoms with Gasteiger partial charge in [0.25, 0.3) is 0 Å². The van der Waals surface area contributed by atoms with E-state index in [2.05, 4.69) is 64.2 Å². The molecule has 92 heavy (non-hydrogen) atoms. The van der Waals surface area contributed by atoms with Crippen molar-refractivity contribution in [3.63, 3.8) is 0 Å². The molecule has 0 saturated carbocycles. The lowest BCUT2D eigenvalue weighted by Crippen LogP contribution is -2.30. The van der Waals surface area contributed by atoms with Gasteiger partial charge in [-0.15, -0.1) is 0 Å². The number of aliphatic hydroxyl groups excluding tert-OH is 1. The van der Waals surface area contributed by atoms with Crippen molar-refractivity contribution in [2.45, 2.75) is 367 Å². The van der Waals surface area contributed by atoms with Crippen molar-refractivity contribution in [2.75, 3.05) is 39.6 Å². The Bertz CT molecular complexity index is 1900. The second-order valence-electron chi connectivity index (χ2n) is 25.2. The summed E-state index contributed by atoms with van der Waals surface area (Å²) in [6, 6.07) is 0. The average molecular weight is 1350 g/mol. The van der Waals surface area contributed by atoms with Gasteiger partial charge in [0.1, 0.15) is 19.3 Å². The van der Waals surface area contributed by atoms with E-state index in [4.69, 9.17) is 37.0 Å². The number of aliphatic hydroxyl groups is 1. The molecule has 0 saturated heterocycles. The molecule has 0 aromatic heterocycles. The predicted molar refractivity (Wildman–Crippen MR) is 372 cm³/mol. The van der Waals surface area contributed by atoms with Crippen molar-refractivity contribution in [1.29, 1.82) is 0 Å². The summed E-state index contributed by atoms with van der Waals surface area (Å²) in [4.78, 5) is 72.6. The third-order valence-electron chi connectivity index (χ3n) is 16.1. The van der Waals surface area contributed by atoms with Gasteiger partial charge in [-0.05, 0) is 103 Å². The lowest BCUT2D eigenvalue weighted by atomic mass is 10.0. The van der Waals surface area contributed by atoms with Crippen LogP contribution in [-0.2, 0) is 65.4 Å². The number of hydrogen-bond acceptors (Lipinski definition) is 15. The molecule has 0 aliphatic rings. The van der Waals surface area contributed by atoms with Crippen LogP contribution in [0.25, 0.3) is 0 Å². The first kappa shape index (κ1) is 89.3. The highest BCUT2D eigenvalue weighted by atomic mass is 31.2. The number of unbranched alkanes of at least 4 members (excludes halogenated alkanes) is 39. The SMILES string of the molecule is CCCCCC/C=C\CCCCCCCC(=O)OC[C@H](COP(=O)(O)OC[C@@H](O)COP(=O)(O)OC[C@@H](COC(=O)CCCCCCCCCCCCCCC)OC(=O)CCCCCCC/C=C\CCCCCC)OC(=O)CCCCCCC/C=C\CCCCCC. The van der Waals surface area contributed by atoms with Gasteiger partial charge in [-0.2, -0.15) is 0 Å². The first-order chi connectivity index (χ1) is 44.7. The predicted octanol–water partition coefficient (Wildman–Crippen LogP) is 20.8. The maximum atomic E-state index is 13.0. The van der Waals surface area contributed by atoms with Gasteiger partial charge >= 0.3 is 39.5 Å². The van der Waals surface area contributed by atoms with Crippen LogP contribution in [-0.4, -0.2) is 96.7 Å². The summed E-state index contributed by atoms with van der Waals surface area (Å²) in [5.41, 5.74) is 0. The van der Waals surface area contributed by atoms with E-state index in [9.17, 15) is 43.2 Å². The van der Waals surface area contributed by atoms with E-state index >= 15 is 0 Å². The van der Waals surface area contributed by atoms with E-state index in [1.165, 1.54) is 135 Å². The Balaban J connectivity index is 5.31. The molecule has 0 rings (SSSR count). The fourth-order valence-corrected chi connectivity index (χ4v) is 11.9. The van der Waals surface area contributed by atoms with Gasteiger partial charge in [-0.25, -0.2) is 9.13 Å². The monoisotopic (exact) mass is 1350 g/mol. The second-order valence-corrected chi connectivity index (χ2v) is 28.1. The molecule has 5 atom stereocenters. The Labute approximate surface area is 560 Å². The molecule has 0 aromatic rings. The maximum Gasteiger partial charge on any atom is 0.472 e. The van der Waals surface area contributed by atoms with Crippen molar-refractivity contribution in [2.24, 2.45) is 0 Å². The highest BCUT2D eigenvalue weighted by molar-refractivity contribution is 7.47. The summed E-state index contributed by atoms with van der Waals surface area (Å²) >= 11 is 0. The summed E-state index contributed by atoms with van der Waals surface area (Å²) < 4.78 is 68.3. The fourth-order valence-electron chi connectivity index (χ4n) is 10.3. The minimum atomic E-state index is -4.96. The molecule has 17 nitrogen and oxygen atoms in total. The van der Waals surface area contributed by atoms with E-state index in [1.807, 2.05) is 0 Å². The molecule has 3 N–H and O–H groups in total. The quantitative estimate of drug-likeness (QED) is 0.0169. The minimum absolute atomic E-state index is 0.0890. The van der Waals surface area contributed by atoms with Gasteiger partial charge in [0, 0.05) is 25.7 Å². The Hall–Kier alpha value is -2.72. The minimum Gasteiger partial charge on any atom is -0.462 e. The van der Waals surface area contributed by atoms with Gasteiger partial charge in [0.15, 0.2) is 12.2 Å². The number of allylic oxidation sites excluding steroid dienone is 6. The standard InChI is InChI=1S/C73H136O17P2/c1-5-9-13-17-21-25-29-33-37-41-45-49-53-57-70(75)83-63-68(89-72(77)59-55-51-47-43-39-35-31-27-23-19-15-11-7-3)65-87-91(79,80)85-61-67(74)62-86-92(81,82)88-66-69(90-73(78)60-56-52-48-44-40-36-32-28-24-20-16-12-8-4)64-84-71(76)58-54-50-46-42-38-34-30-26-22-18-14-10-6-2/h25,27-29,31-32,67-69,74H,5-24,26,30,33-66H2,1-4H3,(H,79,80)(H,81,82)/b29-25-,31-27-,32-28-/t67-,68-,69-/m1/s1. The van der Waals surface area contributed by atoms with E-state index in [0.29, 0.717) is 25.7 Å². The number of rotatable bonds is 71. The molecule has 0 heterocycles. The van der Waals surface area contributed by atoms with Crippen LogP contribution < -0.4 is 0 Å². The van der Waals surface area contributed by atoms with Gasteiger partial charge in [0.05, 0.1) is 26.4 Å². The summed E-state index contributed by atoms with van der Waals surface area (Å²) in [5, 5.41) is 10.6. The normalized spacial score (nSPS) is 14.2. The van der Waals surface area contributed by atoms with Crippen molar-refractivity contribution < 1.29 is 80.2 Å². The molecular weight excluding hydrogens is 1210 g/mol. The van der Waals surface area contributed by atoms with Crippen LogP contribution in [0.1, 0.15) is 349 Å². The van der Waals surface area contributed by atoms with Crippen LogP contribution in [0.5, 0.6) is 0 Å². The zero-order chi connectivity index (χ0) is 67.5. The smallest absolute Gasteiger partial charge is 0.462 e. The lowest BCUT2D eigenvalue weighted by molar-refractivity contribution is -0.161. The number of carbonyl (C=O) groups is 4. The molecule has 2 unspecified atom stereocenters. The largest absolute Gasteiger partial charge is 0.472 e. The summed E-state index contributed by atoms with van der Waals surface area (Å²) in [6.07, 6.45) is 59.9. The van der Waals surface area contributed by atoms with Gasteiger partial charge in [0.2, 0.25) is 0 Å². The average Bonchev–Trinajstić information content (AvgIpc) is 3.63. The Morgan fingerprint density at radius 1 is 0.293 bits per heavy atom. The van der Waals surface area contributed by atoms with E-state index in [1.54, 1.807) is 0 Å². The molecule has 0 aliphatic carbocycles. The number of ether oxygens (including phenoxy) is 4. The lowest BCUT2D eigenvalue weighted by Gasteiger charge is -2.21. The first-order valence-corrected chi connectivity index (χ1v) is 40.2. The zero-order valence-corrected chi connectivity index (χ0v) is 60.5. The summed E-state index contributed by atoms with van der Waals surface area (Å²) in [5.74, 6) is -2.17. The fraction of sp³-hybridized carbons (Fsp3) is 0.863. The van der Waals surface area contributed by atoms with Crippen LogP contribution in [0.3, 0.4) is 0 Å². The highest BCUT2D eigenvalue weighted by Crippen LogP contribution is 2.45. The number of hydrogen-bond donors (Lipinski definition) is 3. The Morgan fingerprint density at radius 3 is 0.761 bits per heavy atom. The summed E-state index contributed by atoms with van der Waals surface area (Å²) in [7, 11) is -9.92. The van der Waals surface area contributed by atoms with Crippen LogP contribution in [0.15, 0.2) is 36.5 Å². The van der Waals surface area contributed by atoms with Crippen LogP contribution in [0.2, 0.25) is 0 Å². The molecule has 0 fully saturated rings. The molecular formula is C73H136O17P2. The van der Waals surface area contributed by atoms with Crippen molar-refractivity contribution in [3.8, 4) is 0 Å². The molecule has 0 aliphatic heterocycles. The number of carbonyl (C=O) groups excluding carboxylic acids is 4. The van der Waals surface area contributed by atoms with Crippen molar-refractivity contribution in [3.05, 3.63) is 36.5 Å². The maximum absolute atomic E-state index is 13.0. The molecule has 0 spiro atoms. The second kappa shape index (κ2) is 66.9. The molecule has 0 aromatic carbocycles. The van der Waals surface area contributed by atoms with Crippen LogP contribution >= 0.6 is 15.6 Å². The first-order valence-electron chi connectivity index (χ1n) is 37.2. The zero-order valence-electron chi connectivity index (χ0n) is 58.7. The third-order valence-corrected chi connectivity index (χ3v) is 18.0. The number of esters is 4. The van der Waals surface area contributed by atoms with E-state index < -0.39 is 97.5 Å². The number of phosphoric ester groups is 2. The molecule has 540 valence electrons. The topological polar surface area (TPSA) is 237 Å². The van der Waals surface area contributed by atoms with Crippen LogP contribution in [0, 0.1) is 0 Å². The Morgan fingerprint density at radius 2 is 0.500 bits per heavy atom.